The number of rotatable bonds is 3. The molecule has 0 saturated heterocycles. The highest BCUT2D eigenvalue weighted by molar-refractivity contribution is 7.17. The topological polar surface area (TPSA) is 62.2 Å². The van der Waals surface area contributed by atoms with E-state index in [9.17, 15) is 9.90 Å². The third kappa shape index (κ3) is 2.63. The van der Waals surface area contributed by atoms with Crippen molar-refractivity contribution < 1.29 is 9.90 Å². The van der Waals surface area contributed by atoms with Crippen LogP contribution in [0.5, 0.6) is 0 Å². The minimum Gasteiger partial charge on any atom is -0.481 e. The van der Waals surface area contributed by atoms with Crippen molar-refractivity contribution in [3.63, 3.8) is 0 Å². The summed E-state index contributed by atoms with van der Waals surface area (Å²) in [7, 11) is 0. The van der Waals surface area contributed by atoms with E-state index in [2.05, 4.69) is 10.3 Å². The van der Waals surface area contributed by atoms with Crippen LogP contribution in [0.4, 0.5) is 5.82 Å². The molecule has 106 valence electrons. The fourth-order valence-corrected chi connectivity index (χ4v) is 3.74. The highest BCUT2D eigenvalue weighted by Gasteiger charge is 2.29. The summed E-state index contributed by atoms with van der Waals surface area (Å²) >= 11 is 1.68. The molecule has 3 rings (SSSR count). The van der Waals surface area contributed by atoms with Crippen molar-refractivity contribution in [1.29, 1.82) is 0 Å². The van der Waals surface area contributed by atoms with E-state index in [0.29, 0.717) is 0 Å². The summed E-state index contributed by atoms with van der Waals surface area (Å²) in [5.41, 5.74) is 0. The van der Waals surface area contributed by atoms with Crippen LogP contribution >= 0.6 is 11.3 Å². The molecule has 2 N–H and O–H groups in total. The van der Waals surface area contributed by atoms with Crippen molar-refractivity contribution in [3.05, 3.63) is 23.7 Å². The summed E-state index contributed by atoms with van der Waals surface area (Å²) in [6.07, 6.45) is 6.66. The minimum atomic E-state index is -0.693. The maximum Gasteiger partial charge on any atom is 0.308 e. The molecule has 5 heteroatoms. The third-order valence-electron chi connectivity index (χ3n) is 4.04. The molecule has 2 aromatic heterocycles. The van der Waals surface area contributed by atoms with E-state index in [0.717, 1.165) is 43.3 Å². The molecule has 2 aromatic rings. The second-order valence-electron chi connectivity index (χ2n) is 5.33. The second-order valence-corrected chi connectivity index (χ2v) is 6.27. The van der Waals surface area contributed by atoms with Gasteiger partial charge in [0.05, 0.1) is 5.92 Å². The first-order valence-corrected chi connectivity index (χ1v) is 7.95. The minimum absolute atomic E-state index is 0.0204. The average molecular weight is 290 g/mol. The Bertz CT molecular complexity index is 611. The SMILES string of the molecule is O=C(O)C1CCCCCC1Nc1nccc2sccc12. The molecule has 1 aliphatic rings. The van der Waals surface area contributed by atoms with Gasteiger partial charge >= 0.3 is 5.97 Å². The Morgan fingerprint density at radius 2 is 2.15 bits per heavy atom. The monoisotopic (exact) mass is 290 g/mol. The Balaban J connectivity index is 1.87. The number of nitrogens with zero attached hydrogens (tertiary/aromatic N) is 1. The lowest BCUT2D eigenvalue weighted by molar-refractivity contribution is -0.142. The standard InChI is InChI=1S/C15H18N2O2S/c18-15(19)10-4-2-1-3-5-12(10)17-14-11-7-9-20-13(11)6-8-16-14/h6-10,12H,1-5H2,(H,16,17)(H,18,19). The first kappa shape index (κ1) is 13.4. The van der Waals surface area contributed by atoms with E-state index in [-0.39, 0.29) is 12.0 Å². The quantitative estimate of drug-likeness (QED) is 0.845. The summed E-state index contributed by atoms with van der Waals surface area (Å²) < 4.78 is 1.18. The molecule has 2 heterocycles. The zero-order valence-corrected chi connectivity index (χ0v) is 12.0. The number of pyridine rings is 1. The van der Waals surface area contributed by atoms with E-state index in [1.165, 1.54) is 4.70 Å². The Labute approximate surface area is 121 Å². The highest BCUT2D eigenvalue weighted by Crippen LogP contribution is 2.30. The number of thiophene rings is 1. The van der Waals surface area contributed by atoms with Gasteiger partial charge in [0, 0.05) is 22.3 Å². The fraction of sp³-hybridized carbons (Fsp3) is 0.467. The predicted octanol–water partition coefficient (Wildman–Crippen LogP) is 3.74. The zero-order valence-electron chi connectivity index (χ0n) is 11.2. The molecule has 2 atom stereocenters. The first-order chi connectivity index (χ1) is 9.75. The van der Waals surface area contributed by atoms with Crippen LogP contribution in [0.25, 0.3) is 10.1 Å². The van der Waals surface area contributed by atoms with Crippen molar-refractivity contribution in [2.24, 2.45) is 5.92 Å². The molecule has 0 aliphatic heterocycles. The van der Waals surface area contributed by atoms with Crippen molar-refractivity contribution in [2.75, 3.05) is 5.32 Å². The summed E-state index contributed by atoms with van der Waals surface area (Å²) in [6.45, 7) is 0. The van der Waals surface area contributed by atoms with Crippen LogP contribution in [0.1, 0.15) is 32.1 Å². The molecular weight excluding hydrogens is 272 g/mol. The number of carbonyl (C=O) groups is 1. The molecular formula is C15H18N2O2S. The van der Waals surface area contributed by atoms with E-state index in [1.54, 1.807) is 17.5 Å². The van der Waals surface area contributed by atoms with E-state index in [4.69, 9.17) is 0 Å². The predicted molar refractivity (Wildman–Crippen MR) is 81.2 cm³/mol. The highest BCUT2D eigenvalue weighted by atomic mass is 32.1. The number of hydrogen-bond donors (Lipinski definition) is 2. The number of nitrogens with one attached hydrogen (secondary N) is 1. The van der Waals surface area contributed by atoms with Gasteiger partial charge in [0.25, 0.3) is 0 Å². The van der Waals surface area contributed by atoms with Crippen molar-refractivity contribution in [1.82, 2.24) is 4.98 Å². The third-order valence-corrected chi connectivity index (χ3v) is 4.92. The van der Waals surface area contributed by atoms with Crippen molar-refractivity contribution >= 4 is 33.2 Å². The van der Waals surface area contributed by atoms with E-state index < -0.39 is 5.97 Å². The number of carboxylic acid groups (broad SMARTS) is 1. The lowest BCUT2D eigenvalue weighted by atomic mass is 9.95. The number of hydrogen-bond acceptors (Lipinski definition) is 4. The lowest BCUT2D eigenvalue weighted by Gasteiger charge is -2.23. The van der Waals surface area contributed by atoms with Crippen LogP contribution in [0.2, 0.25) is 0 Å². The van der Waals surface area contributed by atoms with Crippen LogP contribution in [0.3, 0.4) is 0 Å². The molecule has 0 radical (unpaired) electrons. The molecule has 4 nitrogen and oxygen atoms in total. The van der Waals surface area contributed by atoms with Crippen LogP contribution < -0.4 is 5.32 Å². The van der Waals surface area contributed by atoms with Crippen LogP contribution in [-0.2, 0) is 4.79 Å². The van der Waals surface area contributed by atoms with Gasteiger partial charge in [0.1, 0.15) is 5.82 Å². The summed E-state index contributed by atoms with van der Waals surface area (Å²) in [4.78, 5) is 15.9. The maximum absolute atomic E-state index is 11.5. The van der Waals surface area contributed by atoms with Gasteiger partial charge in [-0.1, -0.05) is 19.3 Å². The summed E-state index contributed by atoms with van der Waals surface area (Å²) in [5, 5.41) is 16.0. The number of anilines is 1. The molecule has 0 spiro atoms. The number of aliphatic carboxylic acids is 1. The van der Waals surface area contributed by atoms with Gasteiger partial charge in [-0.15, -0.1) is 11.3 Å². The smallest absolute Gasteiger partial charge is 0.308 e. The Hall–Kier alpha value is -1.62. The van der Waals surface area contributed by atoms with Crippen LogP contribution in [0.15, 0.2) is 23.7 Å². The van der Waals surface area contributed by atoms with Gasteiger partial charge in [-0.05, 0) is 30.4 Å². The average Bonchev–Trinajstić information content (AvgIpc) is 2.79. The van der Waals surface area contributed by atoms with Gasteiger partial charge < -0.3 is 10.4 Å². The molecule has 2 unspecified atom stereocenters. The molecule has 1 fully saturated rings. The van der Waals surface area contributed by atoms with Gasteiger partial charge in [0.2, 0.25) is 0 Å². The van der Waals surface area contributed by atoms with E-state index in [1.807, 2.05) is 17.5 Å². The van der Waals surface area contributed by atoms with Gasteiger partial charge in [-0.3, -0.25) is 4.79 Å². The number of aromatic nitrogens is 1. The van der Waals surface area contributed by atoms with Crippen molar-refractivity contribution in [2.45, 2.75) is 38.1 Å². The molecule has 0 amide bonds. The Kier molecular flexibility index (Phi) is 3.87. The number of fused-ring (bicyclic) bond motifs is 1. The van der Waals surface area contributed by atoms with Crippen LogP contribution in [-0.4, -0.2) is 22.1 Å². The Morgan fingerprint density at radius 3 is 3.00 bits per heavy atom. The number of carboxylic acids is 1. The van der Waals surface area contributed by atoms with Crippen molar-refractivity contribution in [3.8, 4) is 0 Å². The zero-order chi connectivity index (χ0) is 13.9. The first-order valence-electron chi connectivity index (χ1n) is 7.07. The van der Waals surface area contributed by atoms with Gasteiger partial charge in [0.15, 0.2) is 0 Å². The fourth-order valence-electron chi connectivity index (χ4n) is 2.96. The largest absolute Gasteiger partial charge is 0.481 e. The van der Waals surface area contributed by atoms with E-state index >= 15 is 0 Å². The summed E-state index contributed by atoms with van der Waals surface area (Å²) in [5.74, 6) is -0.183. The Morgan fingerprint density at radius 1 is 1.30 bits per heavy atom. The normalized spacial score (nSPS) is 23.4. The second kappa shape index (κ2) is 5.79. The molecule has 1 aliphatic carbocycles. The molecule has 0 bridgehead atoms. The van der Waals surface area contributed by atoms with Gasteiger partial charge in [-0.2, -0.15) is 0 Å². The van der Waals surface area contributed by atoms with Crippen LogP contribution in [0, 0.1) is 5.92 Å². The molecule has 20 heavy (non-hydrogen) atoms. The molecule has 0 aromatic carbocycles. The maximum atomic E-state index is 11.5. The molecule has 1 saturated carbocycles. The van der Waals surface area contributed by atoms with Gasteiger partial charge in [-0.25, -0.2) is 4.98 Å². The summed E-state index contributed by atoms with van der Waals surface area (Å²) in [6, 6.07) is 4.02. The lowest BCUT2D eigenvalue weighted by Crippen LogP contribution is -2.34.